The smallest absolute Gasteiger partial charge is 0.149 e. The largest absolute Gasteiger partial charge is 0.396 e. The van der Waals surface area contributed by atoms with Crippen LogP contribution in [0.15, 0.2) is 6.33 Å². The quantitative estimate of drug-likeness (QED) is 0.758. The van der Waals surface area contributed by atoms with Crippen LogP contribution in [0, 0.1) is 0 Å². The normalized spacial score (nSPS) is 21.8. The molecule has 0 spiro atoms. The van der Waals surface area contributed by atoms with Crippen LogP contribution in [0.25, 0.3) is 0 Å². The lowest BCUT2D eigenvalue weighted by Gasteiger charge is -2.23. The van der Waals surface area contributed by atoms with Gasteiger partial charge >= 0.3 is 0 Å². The standard InChI is InChI=1S/C10H18N4O/c15-7-3-6-14-8-12-13-10(14)9-4-1-2-5-11-9/h8-9,11,15H,1-7H2. The van der Waals surface area contributed by atoms with E-state index in [0.29, 0.717) is 6.04 Å². The number of aryl methyl sites for hydroxylation is 1. The summed E-state index contributed by atoms with van der Waals surface area (Å²) in [6.45, 7) is 2.09. The second-order valence-corrected chi connectivity index (χ2v) is 3.96. The monoisotopic (exact) mass is 210 g/mol. The molecule has 0 aromatic carbocycles. The number of aromatic nitrogens is 3. The summed E-state index contributed by atoms with van der Waals surface area (Å²) in [7, 11) is 0. The highest BCUT2D eigenvalue weighted by atomic mass is 16.3. The van der Waals surface area contributed by atoms with Crippen LogP contribution >= 0.6 is 0 Å². The van der Waals surface area contributed by atoms with Crippen LogP contribution in [0.1, 0.15) is 37.5 Å². The van der Waals surface area contributed by atoms with E-state index in [1.807, 2.05) is 4.57 Å². The zero-order valence-electron chi connectivity index (χ0n) is 8.89. The van der Waals surface area contributed by atoms with Crippen LogP contribution in [0.2, 0.25) is 0 Å². The van der Waals surface area contributed by atoms with Crippen LogP contribution in [-0.2, 0) is 6.54 Å². The topological polar surface area (TPSA) is 63.0 Å². The maximum atomic E-state index is 8.80. The molecule has 5 heteroatoms. The van der Waals surface area contributed by atoms with Crippen molar-refractivity contribution in [2.24, 2.45) is 0 Å². The number of rotatable bonds is 4. The fraction of sp³-hybridized carbons (Fsp3) is 0.800. The molecule has 2 heterocycles. The Balaban J connectivity index is 2.02. The highest BCUT2D eigenvalue weighted by molar-refractivity contribution is 4.96. The molecule has 0 bridgehead atoms. The second-order valence-electron chi connectivity index (χ2n) is 3.96. The lowest BCUT2D eigenvalue weighted by atomic mass is 10.0. The highest BCUT2D eigenvalue weighted by Gasteiger charge is 2.19. The Morgan fingerprint density at radius 3 is 3.20 bits per heavy atom. The van der Waals surface area contributed by atoms with Crippen LogP contribution in [0.3, 0.4) is 0 Å². The van der Waals surface area contributed by atoms with Crippen LogP contribution < -0.4 is 5.32 Å². The van der Waals surface area contributed by atoms with Crippen molar-refractivity contribution >= 4 is 0 Å². The van der Waals surface area contributed by atoms with Crippen molar-refractivity contribution < 1.29 is 5.11 Å². The van der Waals surface area contributed by atoms with E-state index in [4.69, 9.17) is 5.11 Å². The van der Waals surface area contributed by atoms with E-state index < -0.39 is 0 Å². The van der Waals surface area contributed by atoms with E-state index in [1.165, 1.54) is 12.8 Å². The number of aliphatic hydroxyl groups is 1. The molecule has 84 valence electrons. The van der Waals surface area contributed by atoms with Crippen molar-refractivity contribution in [1.82, 2.24) is 20.1 Å². The van der Waals surface area contributed by atoms with Gasteiger partial charge in [-0.05, 0) is 25.8 Å². The van der Waals surface area contributed by atoms with Gasteiger partial charge in [0.15, 0.2) is 0 Å². The third-order valence-electron chi connectivity index (χ3n) is 2.82. The van der Waals surface area contributed by atoms with E-state index in [9.17, 15) is 0 Å². The Labute approximate surface area is 89.5 Å². The zero-order chi connectivity index (χ0) is 10.5. The summed E-state index contributed by atoms with van der Waals surface area (Å²) >= 11 is 0. The molecule has 1 aliphatic rings. The molecule has 1 fully saturated rings. The lowest BCUT2D eigenvalue weighted by Crippen LogP contribution is -2.29. The van der Waals surface area contributed by atoms with Crippen molar-refractivity contribution in [3.63, 3.8) is 0 Å². The summed E-state index contributed by atoms with van der Waals surface area (Å²) in [5.74, 6) is 1.02. The van der Waals surface area contributed by atoms with Crippen LogP contribution in [0.5, 0.6) is 0 Å². The van der Waals surface area contributed by atoms with Gasteiger partial charge in [0.25, 0.3) is 0 Å². The summed E-state index contributed by atoms with van der Waals surface area (Å²) in [6.07, 6.45) is 6.16. The van der Waals surface area contributed by atoms with Crippen molar-refractivity contribution in [2.75, 3.05) is 13.2 Å². The molecular formula is C10H18N4O. The van der Waals surface area contributed by atoms with Gasteiger partial charge in [0.2, 0.25) is 0 Å². The Morgan fingerprint density at radius 2 is 2.47 bits per heavy atom. The molecule has 1 aliphatic heterocycles. The zero-order valence-corrected chi connectivity index (χ0v) is 8.89. The third kappa shape index (κ3) is 2.54. The van der Waals surface area contributed by atoms with Gasteiger partial charge in [0, 0.05) is 13.2 Å². The predicted molar refractivity (Wildman–Crippen MR) is 56.3 cm³/mol. The van der Waals surface area contributed by atoms with Crippen LogP contribution in [0.4, 0.5) is 0 Å². The molecule has 5 nitrogen and oxygen atoms in total. The summed E-state index contributed by atoms with van der Waals surface area (Å²) in [6, 6.07) is 0.347. The minimum atomic E-state index is 0.218. The fourth-order valence-electron chi connectivity index (χ4n) is 2.02. The SMILES string of the molecule is OCCCn1cnnc1C1CCCCN1. The highest BCUT2D eigenvalue weighted by Crippen LogP contribution is 2.20. The van der Waals surface area contributed by atoms with Gasteiger partial charge in [0.1, 0.15) is 12.2 Å². The fourth-order valence-corrected chi connectivity index (χ4v) is 2.02. The van der Waals surface area contributed by atoms with E-state index in [-0.39, 0.29) is 6.61 Å². The molecule has 0 radical (unpaired) electrons. The van der Waals surface area contributed by atoms with Gasteiger partial charge in [-0.3, -0.25) is 0 Å². The molecule has 0 amide bonds. The summed E-state index contributed by atoms with van der Waals surface area (Å²) in [5, 5.41) is 20.4. The Kier molecular flexibility index (Phi) is 3.69. The molecular weight excluding hydrogens is 192 g/mol. The minimum Gasteiger partial charge on any atom is -0.396 e. The molecule has 2 N–H and O–H groups in total. The van der Waals surface area contributed by atoms with Gasteiger partial charge in [-0.1, -0.05) is 6.42 Å². The number of aliphatic hydroxyl groups excluding tert-OH is 1. The van der Waals surface area contributed by atoms with Gasteiger partial charge in [-0.2, -0.15) is 0 Å². The van der Waals surface area contributed by atoms with Gasteiger partial charge < -0.3 is 15.0 Å². The van der Waals surface area contributed by atoms with E-state index in [0.717, 1.165) is 31.8 Å². The van der Waals surface area contributed by atoms with E-state index >= 15 is 0 Å². The molecule has 0 saturated carbocycles. The Hall–Kier alpha value is -0.940. The molecule has 1 atom stereocenters. The molecule has 15 heavy (non-hydrogen) atoms. The molecule has 1 saturated heterocycles. The molecule has 1 aromatic rings. The summed E-state index contributed by atoms with van der Waals surface area (Å²) < 4.78 is 2.04. The Morgan fingerprint density at radius 1 is 1.53 bits per heavy atom. The van der Waals surface area contributed by atoms with Crippen molar-refractivity contribution in [3.8, 4) is 0 Å². The van der Waals surface area contributed by atoms with Crippen LogP contribution in [-0.4, -0.2) is 33.0 Å². The average Bonchev–Trinajstić information content (AvgIpc) is 2.75. The number of nitrogens with one attached hydrogen (secondary N) is 1. The van der Waals surface area contributed by atoms with Gasteiger partial charge in [-0.25, -0.2) is 0 Å². The molecule has 0 aliphatic carbocycles. The maximum absolute atomic E-state index is 8.80. The van der Waals surface area contributed by atoms with Gasteiger partial charge in [-0.15, -0.1) is 10.2 Å². The maximum Gasteiger partial charge on any atom is 0.149 e. The number of nitrogens with zero attached hydrogens (tertiary/aromatic N) is 3. The number of hydrogen-bond donors (Lipinski definition) is 2. The first-order chi connectivity index (χ1) is 7.42. The minimum absolute atomic E-state index is 0.218. The predicted octanol–water partition coefficient (Wildman–Crippen LogP) is 0.475. The molecule has 2 rings (SSSR count). The summed E-state index contributed by atoms with van der Waals surface area (Å²) in [5.41, 5.74) is 0. The van der Waals surface area contributed by atoms with Crippen molar-refractivity contribution in [2.45, 2.75) is 38.3 Å². The van der Waals surface area contributed by atoms with Crippen molar-refractivity contribution in [3.05, 3.63) is 12.2 Å². The molecule has 1 unspecified atom stereocenters. The van der Waals surface area contributed by atoms with Crippen molar-refractivity contribution in [1.29, 1.82) is 0 Å². The first-order valence-electron chi connectivity index (χ1n) is 5.64. The number of piperidine rings is 1. The summed E-state index contributed by atoms with van der Waals surface area (Å²) in [4.78, 5) is 0. The Bertz CT molecular complexity index is 293. The average molecular weight is 210 g/mol. The second kappa shape index (κ2) is 5.23. The first-order valence-corrected chi connectivity index (χ1v) is 5.64. The van der Waals surface area contributed by atoms with Gasteiger partial charge in [0.05, 0.1) is 6.04 Å². The van der Waals surface area contributed by atoms with E-state index in [1.54, 1.807) is 6.33 Å². The first kappa shape index (κ1) is 10.6. The van der Waals surface area contributed by atoms with E-state index in [2.05, 4.69) is 15.5 Å². The lowest BCUT2D eigenvalue weighted by molar-refractivity contribution is 0.277. The third-order valence-corrected chi connectivity index (χ3v) is 2.82. The molecule has 1 aromatic heterocycles. The number of hydrogen-bond acceptors (Lipinski definition) is 4.